The zero-order valence-corrected chi connectivity index (χ0v) is 16.6. The smallest absolute Gasteiger partial charge is 0.347 e. The lowest BCUT2D eigenvalue weighted by Gasteiger charge is -2.17. The van der Waals surface area contributed by atoms with Crippen LogP contribution in [0.25, 0.3) is 0 Å². The maximum Gasteiger partial charge on any atom is 0.347 e. The SMILES string of the molecule is CCCCOC(=O)c1c(OCCCC)nc(Cl)c(C)c1OCCCC. The van der Waals surface area contributed by atoms with E-state index in [2.05, 4.69) is 18.8 Å². The van der Waals surface area contributed by atoms with Crippen molar-refractivity contribution in [3.8, 4) is 11.6 Å². The third-order valence-corrected chi connectivity index (χ3v) is 4.07. The van der Waals surface area contributed by atoms with Gasteiger partial charge in [-0.3, -0.25) is 0 Å². The highest BCUT2D eigenvalue weighted by Gasteiger charge is 2.26. The van der Waals surface area contributed by atoms with Gasteiger partial charge < -0.3 is 14.2 Å². The van der Waals surface area contributed by atoms with Crippen molar-refractivity contribution in [3.63, 3.8) is 0 Å². The molecule has 6 heteroatoms. The van der Waals surface area contributed by atoms with Gasteiger partial charge in [0.2, 0.25) is 5.88 Å². The summed E-state index contributed by atoms with van der Waals surface area (Å²) in [6, 6.07) is 0. The fourth-order valence-electron chi connectivity index (χ4n) is 2.09. The largest absolute Gasteiger partial charge is 0.492 e. The van der Waals surface area contributed by atoms with E-state index in [0.717, 1.165) is 38.5 Å². The molecule has 1 rings (SSSR count). The molecule has 0 aliphatic heterocycles. The Morgan fingerprint density at radius 3 is 2.12 bits per heavy atom. The molecule has 0 saturated heterocycles. The van der Waals surface area contributed by atoms with Crippen molar-refractivity contribution in [2.75, 3.05) is 19.8 Å². The zero-order chi connectivity index (χ0) is 18.7. The number of hydrogen-bond donors (Lipinski definition) is 0. The van der Waals surface area contributed by atoms with Crippen LogP contribution in [-0.4, -0.2) is 30.8 Å². The number of nitrogens with zero attached hydrogens (tertiary/aromatic N) is 1. The second kappa shape index (κ2) is 12.0. The molecule has 0 N–H and O–H groups in total. The topological polar surface area (TPSA) is 57.7 Å². The van der Waals surface area contributed by atoms with Crippen LogP contribution in [0.3, 0.4) is 0 Å². The Balaban J connectivity index is 3.16. The van der Waals surface area contributed by atoms with Gasteiger partial charge in [0.25, 0.3) is 0 Å². The molecule has 0 atom stereocenters. The van der Waals surface area contributed by atoms with Gasteiger partial charge in [0.05, 0.1) is 19.8 Å². The Bertz CT molecular complexity index is 549. The number of unbranched alkanes of at least 4 members (excludes halogenated alkanes) is 3. The molecule has 0 spiro atoms. The Morgan fingerprint density at radius 1 is 0.960 bits per heavy atom. The van der Waals surface area contributed by atoms with Gasteiger partial charge in [-0.25, -0.2) is 9.78 Å². The molecule has 0 saturated carbocycles. The van der Waals surface area contributed by atoms with Gasteiger partial charge in [0.15, 0.2) is 5.56 Å². The molecule has 0 aliphatic rings. The lowest BCUT2D eigenvalue weighted by molar-refractivity contribution is 0.0488. The highest BCUT2D eigenvalue weighted by Crippen LogP contribution is 2.35. The first kappa shape index (κ1) is 21.6. The van der Waals surface area contributed by atoms with Crippen LogP contribution in [0.15, 0.2) is 0 Å². The lowest BCUT2D eigenvalue weighted by atomic mass is 10.1. The van der Waals surface area contributed by atoms with E-state index in [1.807, 2.05) is 6.92 Å². The number of halogens is 1. The van der Waals surface area contributed by atoms with Crippen molar-refractivity contribution in [2.24, 2.45) is 0 Å². The van der Waals surface area contributed by atoms with Crippen molar-refractivity contribution in [2.45, 2.75) is 66.2 Å². The molecule has 0 radical (unpaired) electrons. The second-order valence-corrected chi connectivity index (χ2v) is 6.29. The molecule has 0 aromatic carbocycles. The number of rotatable bonds is 12. The molecule has 0 unspecified atom stereocenters. The predicted molar refractivity (Wildman–Crippen MR) is 100.0 cm³/mol. The summed E-state index contributed by atoms with van der Waals surface area (Å²) in [4.78, 5) is 16.9. The molecule has 0 amide bonds. The molecule has 1 aromatic heterocycles. The Hall–Kier alpha value is -1.49. The quantitative estimate of drug-likeness (QED) is 0.281. The summed E-state index contributed by atoms with van der Waals surface area (Å²) >= 11 is 6.22. The highest BCUT2D eigenvalue weighted by atomic mass is 35.5. The van der Waals surface area contributed by atoms with Crippen molar-refractivity contribution in [1.82, 2.24) is 4.98 Å². The Kier molecular flexibility index (Phi) is 10.3. The summed E-state index contributed by atoms with van der Waals surface area (Å²) in [5.41, 5.74) is 0.869. The summed E-state index contributed by atoms with van der Waals surface area (Å²) < 4.78 is 16.9. The fourth-order valence-corrected chi connectivity index (χ4v) is 2.25. The van der Waals surface area contributed by atoms with Gasteiger partial charge in [0, 0.05) is 5.56 Å². The molecule has 0 bridgehead atoms. The van der Waals surface area contributed by atoms with E-state index in [4.69, 9.17) is 25.8 Å². The number of ether oxygens (including phenoxy) is 3. The average Bonchev–Trinajstić information content (AvgIpc) is 2.59. The summed E-state index contributed by atoms with van der Waals surface area (Å²) in [7, 11) is 0. The van der Waals surface area contributed by atoms with Gasteiger partial charge in [0.1, 0.15) is 10.9 Å². The summed E-state index contributed by atoms with van der Waals surface area (Å²) in [6.45, 7) is 9.30. The first-order valence-electron chi connectivity index (χ1n) is 9.19. The second-order valence-electron chi connectivity index (χ2n) is 5.93. The first-order valence-corrected chi connectivity index (χ1v) is 9.57. The van der Waals surface area contributed by atoms with Crippen LogP contribution in [0.4, 0.5) is 0 Å². The Labute approximate surface area is 156 Å². The van der Waals surface area contributed by atoms with Gasteiger partial charge in [-0.15, -0.1) is 0 Å². The van der Waals surface area contributed by atoms with E-state index in [1.165, 1.54) is 0 Å². The van der Waals surface area contributed by atoms with Crippen LogP contribution < -0.4 is 9.47 Å². The van der Waals surface area contributed by atoms with Gasteiger partial charge >= 0.3 is 5.97 Å². The van der Waals surface area contributed by atoms with Crippen LogP contribution in [0.5, 0.6) is 11.6 Å². The van der Waals surface area contributed by atoms with Crippen LogP contribution in [0, 0.1) is 6.92 Å². The minimum Gasteiger partial charge on any atom is -0.492 e. The van der Waals surface area contributed by atoms with Crippen LogP contribution in [-0.2, 0) is 4.74 Å². The predicted octanol–water partition coefficient (Wildman–Crippen LogP) is 5.36. The van der Waals surface area contributed by atoms with Gasteiger partial charge in [-0.2, -0.15) is 0 Å². The minimum absolute atomic E-state index is 0.192. The normalized spacial score (nSPS) is 10.6. The average molecular weight is 372 g/mol. The highest BCUT2D eigenvalue weighted by molar-refractivity contribution is 6.30. The molecule has 0 fully saturated rings. The minimum atomic E-state index is -0.473. The van der Waals surface area contributed by atoms with Crippen LogP contribution >= 0.6 is 11.6 Å². The molecule has 1 aromatic rings. The zero-order valence-electron chi connectivity index (χ0n) is 15.8. The summed E-state index contributed by atoms with van der Waals surface area (Å²) in [6.07, 6.45) is 5.48. The van der Waals surface area contributed by atoms with Crippen molar-refractivity contribution < 1.29 is 19.0 Å². The Morgan fingerprint density at radius 2 is 1.52 bits per heavy atom. The maximum atomic E-state index is 12.6. The molecule has 142 valence electrons. The van der Waals surface area contributed by atoms with Crippen molar-refractivity contribution >= 4 is 17.6 Å². The molecular formula is C19H30ClNO4. The van der Waals surface area contributed by atoms with E-state index in [-0.39, 0.29) is 16.6 Å². The standard InChI is InChI=1S/C19H30ClNO4/c1-5-8-11-23-16-14(4)17(20)21-18(24-12-9-6-2)15(16)19(22)25-13-10-7-3/h5-13H2,1-4H3. The number of carbonyl (C=O) groups is 1. The third-order valence-electron chi connectivity index (χ3n) is 3.71. The molecule has 25 heavy (non-hydrogen) atoms. The van der Waals surface area contributed by atoms with Crippen molar-refractivity contribution in [1.29, 1.82) is 0 Å². The monoisotopic (exact) mass is 371 g/mol. The van der Waals surface area contributed by atoms with E-state index < -0.39 is 5.97 Å². The number of pyridine rings is 1. The van der Waals surface area contributed by atoms with E-state index in [0.29, 0.717) is 31.1 Å². The van der Waals surface area contributed by atoms with Gasteiger partial charge in [-0.1, -0.05) is 51.6 Å². The maximum absolute atomic E-state index is 12.6. The van der Waals surface area contributed by atoms with Crippen LogP contribution in [0.2, 0.25) is 5.15 Å². The number of aromatic nitrogens is 1. The number of carbonyl (C=O) groups excluding carboxylic acids is 1. The fraction of sp³-hybridized carbons (Fsp3) is 0.684. The third kappa shape index (κ3) is 6.73. The van der Waals surface area contributed by atoms with Crippen molar-refractivity contribution in [3.05, 3.63) is 16.3 Å². The van der Waals surface area contributed by atoms with E-state index in [9.17, 15) is 4.79 Å². The van der Waals surface area contributed by atoms with Crippen LogP contribution in [0.1, 0.15) is 75.2 Å². The molecule has 5 nitrogen and oxygen atoms in total. The lowest BCUT2D eigenvalue weighted by Crippen LogP contribution is -2.15. The van der Waals surface area contributed by atoms with E-state index in [1.54, 1.807) is 6.92 Å². The number of hydrogen-bond acceptors (Lipinski definition) is 5. The first-order chi connectivity index (χ1) is 12.1. The van der Waals surface area contributed by atoms with Gasteiger partial charge in [-0.05, 0) is 26.2 Å². The number of esters is 1. The summed E-state index contributed by atoms with van der Waals surface area (Å²) in [5, 5.41) is 0.281. The van der Waals surface area contributed by atoms with E-state index >= 15 is 0 Å². The molecule has 0 aliphatic carbocycles. The molecule has 1 heterocycles. The summed E-state index contributed by atoms with van der Waals surface area (Å²) in [5.74, 6) is 0.136. The molecular weight excluding hydrogens is 342 g/mol.